The van der Waals surface area contributed by atoms with Gasteiger partial charge in [0.1, 0.15) is 10.0 Å². The van der Waals surface area contributed by atoms with Gasteiger partial charge < -0.3 is 4.90 Å². The third kappa shape index (κ3) is 3.60. The van der Waals surface area contributed by atoms with Crippen molar-refractivity contribution < 1.29 is 8.42 Å². The molecule has 1 fully saturated rings. The van der Waals surface area contributed by atoms with Crippen LogP contribution < -0.4 is 9.62 Å². The maximum atomic E-state index is 12.1. The van der Waals surface area contributed by atoms with E-state index in [0.717, 1.165) is 35.8 Å². The number of halogens is 1. The molecule has 2 aromatic rings. The van der Waals surface area contributed by atoms with E-state index in [9.17, 15) is 8.42 Å². The molecule has 0 unspecified atom stereocenters. The van der Waals surface area contributed by atoms with Crippen LogP contribution in [0, 0.1) is 0 Å². The molecule has 0 bridgehead atoms. The van der Waals surface area contributed by atoms with Crippen LogP contribution in [0.3, 0.4) is 0 Å². The summed E-state index contributed by atoms with van der Waals surface area (Å²) < 4.78 is 27.5. The lowest BCUT2D eigenvalue weighted by Gasteiger charge is -2.16. The molecule has 0 radical (unpaired) electrons. The summed E-state index contributed by atoms with van der Waals surface area (Å²) in [7, 11) is -3.52. The van der Waals surface area contributed by atoms with Crippen LogP contribution in [-0.4, -0.2) is 26.5 Å². The molecule has 1 N–H and O–H groups in total. The van der Waals surface area contributed by atoms with Crippen molar-refractivity contribution in [2.24, 2.45) is 0 Å². The number of aromatic nitrogens is 1. The first-order valence-electron chi connectivity index (χ1n) is 6.99. The second-order valence-electron chi connectivity index (χ2n) is 5.10. The second-order valence-corrected chi connectivity index (χ2v) is 8.81. The molecule has 0 aromatic carbocycles. The highest BCUT2D eigenvalue weighted by Crippen LogP contribution is 2.25. The molecule has 3 heterocycles. The van der Waals surface area contributed by atoms with E-state index in [1.165, 1.54) is 18.9 Å². The van der Waals surface area contributed by atoms with Gasteiger partial charge in [0.05, 0.1) is 4.34 Å². The zero-order valence-corrected chi connectivity index (χ0v) is 14.2. The Kier molecular flexibility index (Phi) is 4.67. The lowest BCUT2D eigenvalue weighted by Crippen LogP contribution is -2.23. The monoisotopic (exact) mass is 357 g/mol. The summed E-state index contributed by atoms with van der Waals surface area (Å²) in [4.78, 5) is 6.65. The Labute approximate surface area is 139 Å². The summed E-state index contributed by atoms with van der Waals surface area (Å²) in [6.07, 6.45) is 4.12. The summed E-state index contributed by atoms with van der Waals surface area (Å²) in [6, 6.07) is 6.93. The molecule has 0 spiro atoms. The average molecular weight is 358 g/mol. The zero-order chi connectivity index (χ0) is 15.6. The molecule has 1 aliphatic heterocycles. The molecule has 0 amide bonds. The van der Waals surface area contributed by atoms with Crippen molar-refractivity contribution in [3.63, 3.8) is 0 Å². The van der Waals surface area contributed by atoms with Gasteiger partial charge in [0.2, 0.25) is 10.0 Å². The van der Waals surface area contributed by atoms with Crippen LogP contribution in [0.1, 0.15) is 18.4 Å². The SMILES string of the molecule is O=S(=O)(NCc1ccc(N2CCCC2)nc1)c1ccc(Cl)s1. The molecule has 22 heavy (non-hydrogen) atoms. The minimum Gasteiger partial charge on any atom is -0.357 e. The number of pyridine rings is 1. The van der Waals surface area contributed by atoms with Crippen molar-refractivity contribution in [3.05, 3.63) is 40.4 Å². The van der Waals surface area contributed by atoms with Crippen LogP contribution in [0.25, 0.3) is 0 Å². The fourth-order valence-corrected chi connectivity index (χ4v) is 4.89. The standard InChI is InChI=1S/C14H16ClN3O2S2/c15-12-4-6-14(21-12)22(19,20)17-10-11-3-5-13(16-9-11)18-7-1-2-8-18/h3-6,9,17H,1-2,7-8,10H2. The first-order chi connectivity index (χ1) is 10.5. The summed E-state index contributed by atoms with van der Waals surface area (Å²) in [5.41, 5.74) is 0.828. The van der Waals surface area contributed by atoms with Gasteiger partial charge in [0.15, 0.2) is 0 Å². The van der Waals surface area contributed by atoms with E-state index >= 15 is 0 Å². The van der Waals surface area contributed by atoms with E-state index in [1.54, 1.807) is 12.3 Å². The Morgan fingerprint density at radius 3 is 2.59 bits per heavy atom. The van der Waals surface area contributed by atoms with Gasteiger partial charge in [-0.25, -0.2) is 18.1 Å². The van der Waals surface area contributed by atoms with Crippen molar-refractivity contribution >= 4 is 38.8 Å². The Balaban J connectivity index is 1.63. The zero-order valence-electron chi connectivity index (χ0n) is 11.8. The normalized spacial score (nSPS) is 15.4. The Morgan fingerprint density at radius 1 is 1.23 bits per heavy atom. The fourth-order valence-electron chi connectivity index (χ4n) is 2.35. The van der Waals surface area contributed by atoms with Crippen LogP contribution in [0.5, 0.6) is 0 Å². The van der Waals surface area contributed by atoms with Gasteiger partial charge in [-0.05, 0) is 36.6 Å². The molecule has 1 aliphatic rings. The number of rotatable bonds is 5. The molecule has 118 valence electrons. The van der Waals surface area contributed by atoms with E-state index in [2.05, 4.69) is 14.6 Å². The van der Waals surface area contributed by atoms with E-state index < -0.39 is 10.0 Å². The fraction of sp³-hybridized carbons (Fsp3) is 0.357. The Morgan fingerprint density at radius 2 is 2.00 bits per heavy atom. The number of anilines is 1. The summed E-state index contributed by atoms with van der Waals surface area (Å²) in [5.74, 6) is 0.953. The minimum atomic E-state index is -3.52. The first-order valence-corrected chi connectivity index (χ1v) is 9.67. The van der Waals surface area contributed by atoms with E-state index in [4.69, 9.17) is 11.6 Å². The topological polar surface area (TPSA) is 62.3 Å². The van der Waals surface area contributed by atoms with Crippen LogP contribution in [0.4, 0.5) is 5.82 Å². The van der Waals surface area contributed by atoms with Crippen molar-refractivity contribution in [2.75, 3.05) is 18.0 Å². The molecule has 1 saturated heterocycles. The largest absolute Gasteiger partial charge is 0.357 e. The van der Waals surface area contributed by atoms with E-state index in [-0.39, 0.29) is 10.8 Å². The van der Waals surface area contributed by atoms with Gasteiger partial charge in [-0.1, -0.05) is 17.7 Å². The molecular weight excluding hydrogens is 342 g/mol. The Bertz CT molecular complexity index is 738. The predicted molar refractivity (Wildman–Crippen MR) is 89.0 cm³/mol. The lowest BCUT2D eigenvalue weighted by molar-refractivity contribution is 0.583. The molecule has 0 atom stereocenters. The number of sulfonamides is 1. The molecule has 5 nitrogen and oxygen atoms in total. The van der Waals surface area contributed by atoms with Crippen LogP contribution in [0.15, 0.2) is 34.7 Å². The van der Waals surface area contributed by atoms with Crippen molar-refractivity contribution in [1.29, 1.82) is 0 Å². The molecule has 3 rings (SSSR count). The highest BCUT2D eigenvalue weighted by atomic mass is 35.5. The highest BCUT2D eigenvalue weighted by molar-refractivity contribution is 7.91. The highest BCUT2D eigenvalue weighted by Gasteiger charge is 2.17. The molecule has 0 aliphatic carbocycles. The summed E-state index contributed by atoms with van der Waals surface area (Å²) in [6.45, 7) is 2.29. The molecule has 2 aromatic heterocycles. The average Bonchev–Trinajstić information content (AvgIpc) is 3.17. The third-order valence-electron chi connectivity index (χ3n) is 3.52. The number of nitrogens with zero attached hydrogens (tertiary/aromatic N) is 2. The van der Waals surface area contributed by atoms with E-state index in [1.807, 2.05) is 12.1 Å². The van der Waals surface area contributed by atoms with Gasteiger partial charge in [0.25, 0.3) is 0 Å². The van der Waals surface area contributed by atoms with Crippen molar-refractivity contribution in [3.8, 4) is 0 Å². The second kappa shape index (κ2) is 6.54. The maximum absolute atomic E-state index is 12.1. The van der Waals surface area contributed by atoms with Crippen molar-refractivity contribution in [2.45, 2.75) is 23.6 Å². The molecular formula is C14H16ClN3O2S2. The van der Waals surface area contributed by atoms with Gasteiger partial charge >= 0.3 is 0 Å². The van der Waals surface area contributed by atoms with Gasteiger partial charge in [0, 0.05) is 25.8 Å². The lowest BCUT2D eigenvalue weighted by atomic mass is 10.3. The van der Waals surface area contributed by atoms with Crippen molar-refractivity contribution in [1.82, 2.24) is 9.71 Å². The number of hydrogen-bond donors (Lipinski definition) is 1. The first kappa shape index (κ1) is 15.7. The van der Waals surface area contributed by atoms with Crippen LogP contribution in [0.2, 0.25) is 4.34 Å². The predicted octanol–water partition coefficient (Wildman–Crippen LogP) is 2.88. The van der Waals surface area contributed by atoms with E-state index in [0.29, 0.717) is 4.34 Å². The smallest absolute Gasteiger partial charge is 0.250 e. The summed E-state index contributed by atoms with van der Waals surface area (Å²) in [5, 5.41) is 0. The molecule has 8 heteroatoms. The van der Waals surface area contributed by atoms with Crippen LogP contribution in [-0.2, 0) is 16.6 Å². The number of nitrogens with one attached hydrogen (secondary N) is 1. The van der Waals surface area contributed by atoms with Crippen LogP contribution >= 0.6 is 22.9 Å². The quantitative estimate of drug-likeness (QED) is 0.893. The number of hydrogen-bond acceptors (Lipinski definition) is 5. The van der Waals surface area contributed by atoms with Gasteiger partial charge in [-0.3, -0.25) is 0 Å². The van der Waals surface area contributed by atoms with Gasteiger partial charge in [-0.15, -0.1) is 11.3 Å². The van der Waals surface area contributed by atoms with Gasteiger partial charge in [-0.2, -0.15) is 0 Å². The third-order valence-corrected chi connectivity index (χ3v) is 6.64. The minimum absolute atomic E-state index is 0.213. The summed E-state index contributed by atoms with van der Waals surface area (Å²) >= 11 is 6.82. The Hall–Kier alpha value is -1.15. The maximum Gasteiger partial charge on any atom is 0.250 e. The number of thiophene rings is 1. The molecule has 0 saturated carbocycles.